The van der Waals surface area contributed by atoms with Crippen molar-refractivity contribution < 1.29 is 8.42 Å². The monoisotopic (exact) mass is 420 g/mol. The van der Waals surface area contributed by atoms with Crippen LogP contribution in [0.25, 0.3) is 0 Å². The van der Waals surface area contributed by atoms with Crippen molar-refractivity contribution in [1.82, 2.24) is 4.31 Å². The zero-order chi connectivity index (χ0) is 17.4. The van der Waals surface area contributed by atoms with Gasteiger partial charge in [0.15, 0.2) is 0 Å². The molecule has 0 amide bonds. The van der Waals surface area contributed by atoms with E-state index < -0.39 is 10.0 Å². The number of halogens is 1. The maximum Gasteiger partial charge on any atom is 0.243 e. The molecule has 2 aliphatic heterocycles. The van der Waals surface area contributed by atoms with Crippen molar-refractivity contribution in [3.8, 4) is 0 Å². The van der Waals surface area contributed by atoms with Crippen LogP contribution in [-0.4, -0.2) is 32.4 Å². The average Bonchev–Trinajstić information content (AvgIpc) is 3.12. The van der Waals surface area contributed by atoms with E-state index in [1.165, 1.54) is 5.56 Å². The van der Waals surface area contributed by atoms with Crippen LogP contribution < -0.4 is 5.32 Å². The normalized spacial score (nSPS) is 18.8. The first-order valence-corrected chi connectivity index (χ1v) is 10.9. The molecule has 25 heavy (non-hydrogen) atoms. The maximum atomic E-state index is 13.1. The lowest BCUT2D eigenvalue weighted by molar-refractivity contribution is 0.319. The van der Waals surface area contributed by atoms with Crippen LogP contribution in [0.2, 0.25) is 0 Å². The maximum absolute atomic E-state index is 13.1. The molecule has 0 aliphatic carbocycles. The van der Waals surface area contributed by atoms with E-state index in [4.69, 9.17) is 0 Å². The second-order valence-electron chi connectivity index (χ2n) is 6.71. The molecule has 0 radical (unpaired) electrons. The van der Waals surface area contributed by atoms with Crippen molar-refractivity contribution >= 4 is 31.6 Å². The van der Waals surface area contributed by atoms with Gasteiger partial charge in [-0.05, 0) is 64.4 Å². The number of piperidine rings is 1. The molecule has 132 valence electrons. The molecule has 0 bridgehead atoms. The number of nitrogens with zero attached hydrogens (tertiary/aromatic N) is 1. The minimum absolute atomic E-state index is 0.403. The fourth-order valence-corrected chi connectivity index (χ4v) is 6.15. The van der Waals surface area contributed by atoms with Crippen molar-refractivity contribution in [3.05, 3.63) is 58.1 Å². The highest BCUT2D eigenvalue weighted by atomic mass is 79.9. The largest absolute Gasteiger partial charge is 0.384 e. The Balaban J connectivity index is 1.53. The molecule has 0 saturated carbocycles. The van der Waals surface area contributed by atoms with Gasteiger partial charge in [0, 0.05) is 24.1 Å². The zero-order valence-electron chi connectivity index (χ0n) is 13.9. The third-order valence-electron chi connectivity index (χ3n) is 5.20. The van der Waals surface area contributed by atoms with Crippen LogP contribution in [-0.2, 0) is 16.4 Å². The van der Waals surface area contributed by atoms with Gasteiger partial charge in [-0.2, -0.15) is 4.31 Å². The Morgan fingerprint density at radius 1 is 1.08 bits per heavy atom. The van der Waals surface area contributed by atoms with Crippen molar-refractivity contribution in [1.29, 1.82) is 0 Å². The molecule has 1 fully saturated rings. The smallest absolute Gasteiger partial charge is 0.243 e. The fraction of sp³-hybridized carbons (Fsp3) is 0.368. The van der Waals surface area contributed by atoms with Gasteiger partial charge in [-0.1, -0.05) is 30.3 Å². The number of nitrogens with one attached hydrogen (secondary N) is 1. The van der Waals surface area contributed by atoms with E-state index in [2.05, 4.69) is 45.5 Å². The van der Waals surface area contributed by atoms with Crippen molar-refractivity contribution in [3.63, 3.8) is 0 Å². The van der Waals surface area contributed by atoms with E-state index in [0.29, 0.717) is 23.9 Å². The highest BCUT2D eigenvalue weighted by Gasteiger charge is 2.31. The molecule has 1 N–H and O–H groups in total. The van der Waals surface area contributed by atoms with Crippen LogP contribution in [0.4, 0.5) is 5.69 Å². The lowest BCUT2D eigenvalue weighted by Gasteiger charge is -2.31. The van der Waals surface area contributed by atoms with Gasteiger partial charge in [0.05, 0.1) is 10.6 Å². The summed E-state index contributed by atoms with van der Waals surface area (Å²) in [5.74, 6) is 0.448. The summed E-state index contributed by atoms with van der Waals surface area (Å²) >= 11 is 3.51. The van der Waals surface area contributed by atoms with Gasteiger partial charge in [0.25, 0.3) is 0 Å². The molecule has 4 nitrogen and oxygen atoms in total. The molecule has 2 aromatic carbocycles. The van der Waals surface area contributed by atoms with Gasteiger partial charge in [-0.3, -0.25) is 0 Å². The number of sulfonamides is 1. The van der Waals surface area contributed by atoms with Crippen LogP contribution in [0.15, 0.2) is 51.8 Å². The third-order valence-corrected chi connectivity index (χ3v) is 7.71. The number of hydrogen-bond acceptors (Lipinski definition) is 3. The summed E-state index contributed by atoms with van der Waals surface area (Å²) in [6, 6.07) is 14.0. The van der Waals surface area contributed by atoms with Gasteiger partial charge in [0.1, 0.15) is 0 Å². The van der Waals surface area contributed by atoms with Crippen LogP contribution in [0, 0.1) is 0 Å². The van der Waals surface area contributed by atoms with Gasteiger partial charge in [0.2, 0.25) is 10.0 Å². The molecule has 1 saturated heterocycles. The van der Waals surface area contributed by atoms with Crippen molar-refractivity contribution in [2.45, 2.75) is 30.1 Å². The summed E-state index contributed by atoms with van der Waals surface area (Å²) in [4.78, 5) is 0.403. The first kappa shape index (κ1) is 17.1. The lowest BCUT2D eigenvalue weighted by atomic mass is 9.90. The third kappa shape index (κ3) is 3.23. The number of hydrogen-bond donors (Lipinski definition) is 1. The van der Waals surface area contributed by atoms with Crippen LogP contribution in [0.3, 0.4) is 0 Å². The minimum atomic E-state index is -3.44. The highest BCUT2D eigenvalue weighted by molar-refractivity contribution is 9.10. The van der Waals surface area contributed by atoms with E-state index in [0.717, 1.165) is 41.5 Å². The highest BCUT2D eigenvalue weighted by Crippen LogP contribution is 2.36. The second-order valence-corrected chi connectivity index (χ2v) is 9.50. The first-order chi connectivity index (χ1) is 12.1. The molecule has 2 heterocycles. The van der Waals surface area contributed by atoms with E-state index >= 15 is 0 Å². The number of fused-ring (bicyclic) bond motifs is 1. The Morgan fingerprint density at radius 3 is 2.52 bits per heavy atom. The number of anilines is 1. The van der Waals surface area contributed by atoms with Crippen LogP contribution >= 0.6 is 15.9 Å². The standard InChI is InChI=1S/C19H21BrN2O2S/c20-18-13-17(12-16-6-9-21-19(16)18)25(23,24)22-10-7-15(8-11-22)14-4-2-1-3-5-14/h1-5,12-13,15,21H,6-11H2. The Labute approximate surface area is 157 Å². The average molecular weight is 421 g/mol. The Bertz CT molecular complexity index is 876. The molecule has 0 atom stereocenters. The van der Waals surface area contributed by atoms with Crippen molar-refractivity contribution in [2.75, 3.05) is 25.0 Å². The van der Waals surface area contributed by atoms with Gasteiger partial charge < -0.3 is 5.32 Å². The predicted molar refractivity (Wildman–Crippen MR) is 104 cm³/mol. The molecular formula is C19H21BrN2O2S. The molecule has 2 aliphatic rings. The SMILES string of the molecule is O=S(=O)(c1cc(Br)c2c(c1)CCN2)N1CCC(c2ccccc2)CC1. The summed E-state index contributed by atoms with van der Waals surface area (Å²) in [6.07, 6.45) is 2.61. The van der Waals surface area contributed by atoms with Gasteiger partial charge >= 0.3 is 0 Å². The first-order valence-electron chi connectivity index (χ1n) is 8.67. The molecule has 0 spiro atoms. The molecule has 0 aromatic heterocycles. The topological polar surface area (TPSA) is 49.4 Å². The van der Waals surface area contributed by atoms with Crippen LogP contribution in [0.1, 0.15) is 29.9 Å². The lowest BCUT2D eigenvalue weighted by Crippen LogP contribution is -2.37. The molecule has 4 rings (SSSR count). The Morgan fingerprint density at radius 2 is 1.80 bits per heavy atom. The summed E-state index contributed by atoms with van der Waals surface area (Å²) < 4.78 is 28.6. The second kappa shape index (κ2) is 6.74. The minimum Gasteiger partial charge on any atom is -0.384 e. The van der Waals surface area contributed by atoms with Crippen LogP contribution in [0.5, 0.6) is 0 Å². The fourth-order valence-electron chi connectivity index (χ4n) is 3.81. The number of rotatable bonds is 3. The van der Waals surface area contributed by atoms with E-state index in [-0.39, 0.29) is 0 Å². The molecule has 2 aromatic rings. The molecular weight excluding hydrogens is 400 g/mol. The summed E-state index contributed by atoms with van der Waals surface area (Å²) in [5.41, 5.74) is 3.42. The molecule has 6 heteroatoms. The van der Waals surface area contributed by atoms with Gasteiger partial charge in [-0.25, -0.2) is 8.42 Å². The van der Waals surface area contributed by atoms with E-state index in [1.54, 1.807) is 10.4 Å². The van der Waals surface area contributed by atoms with Gasteiger partial charge in [-0.15, -0.1) is 0 Å². The van der Waals surface area contributed by atoms with Crippen molar-refractivity contribution in [2.24, 2.45) is 0 Å². The summed E-state index contributed by atoms with van der Waals surface area (Å²) in [6.45, 7) is 2.02. The quantitative estimate of drug-likeness (QED) is 0.816. The van der Waals surface area contributed by atoms with E-state index in [9.17, 15) is 8.42 Å². The molecule has 0 unspecified atom stereocenters. The zero-order valence-corrected chi connectivity index (χ0v) is 16.3. The Hall–Kier alpha value is -1.37. The predicted octanol–water partition coefficient (Wildman–Crippen LogP) is 3.99. The summed E-state index contributed by atoms with van der Waals surface area (Å²) in [5, 5.41) is 3.30. The van der Waals surface area contributed by atoms with E-state index in [1.807, 2.05) is 12.1 Å². The summed E-state index contributed by atoms with van der Waals surface area (Å²) in [7, 11) is -3.44. The Kier molecular flexibility index (Phi) is 4.60. The number of benzene rings is 2.